The summed E-state index contributed by atoms with van der Waals surface area (Å²) in [6.45, 7) is -1.84. The molecule has 0 saturated carbocycles. The highest BCUT2D eigenvalue weighted by Gasteiger charge is 2.10. The Morgan fingerprint density at radius 3 is 2.89 bits per heavy atom. The lowest BCUT2D eigenvalue weighted by atomic mass is 10.2. The second kappa shape index (κ2) is 6.63. The molecule has 0 amide bonds. The number of aromatic nitrogens is 2. The van der Waals surface area contributed by atoms with Crippen molar-refractivity contribution in [1.29, 1.82) is 0 Å². The summed E-state index contributed by atoms with van der Waals surface area (Å²) in [5, 5.41) is 3.13. The summed E-state index contributed by atoms with van der Waals surface area (Å²) in [5.41, 5.74) is 1.58. The Hall–Kier alpha value is -1.47. The minimum absolute atomic E-state index is 0.176. The fourth-order valence-corrected chi connectivity index (χ4v) is 2.02. The number of nitrogens with one attached hydrogen (secondary N) is 2. The number of aromatic amines is 1. The first-order valence-corrected chi connectivity index (χ1v) is 6.35. The van der Waals surface area contributed by atoms with Crippen molar-refractivity contribution in [3.63, 3.8) is 0 Å². The maximum atomic E-state index is 12.3. The fourth-order valence-electron chi connectivity index (χ4n) is 1.61. The third-order valence-corrected chi connectivity index (χ3v) is 2.92. The van der Waals surface area contributed by atoms with Crippen LogP contribution >= 0.6 is 15.9 Å². The molecule has 19 heavy (non-hydrogen) atoms. The molecule has 7 heteroatoms. The largest absolute Gasteiger partial charge is 0.434 e. The molecule has 0 atom stereocenters. The Bertz CT molecular complexity index is 520. The van der Waals surface area contributed by atoms with Gasteiger partial charge in [0, 0.05) is 35.0 Å². The maximum Gasteiger partial charge on any atom is 0.387 e. The molecule has 0 unspecified atom stereocenters. The normalized spacial score (nSPS) is 10.9. The second-order valence-corrected chi connectivity index (χ2v) is 4.73. The first-order chi connectivity index (χ1) is 9.15. The summed E-state index contributed by atoms with van der Waals surface area (Å²) in [4.78, 5) is 6.84. The van der Waals surface area contributed by atoms with Crippen LogP contribution in [0.4, 0.5) is 8.78 Å². The van der Waals surface area contributed by atoms with Crippen LogP contribution in [0.25, 0.3) is 0 Å². The van der Waals surface area contributed by atoms with Crippen molar-refractivity contribution in [2.24, 2.45) is 0 Å². The highest BCUT2D eigenvalue weighted by atomic mass is 79.9. The monoisotopic (exact) mass is 331 g/mol. The zero-order valence-corrected chi connectivity index (χ0v) is 11.5. The summed E-state index contributed by atoms with van der Waals surface area (Å²) in [5.74, 6) is 0.176. The summed E-state index contributed by atoms with van der Waals surface area (Å²) < 4.78 is 29.8. The van der Waals surface area contributed by atoms with E-state index in [0.29, 0.717) is 18.7 Å². The van der Waals surface area contributed by atoms with E-state index in [1.54, 1.807) is 24.7 Å². The average Bonchev–Trinajstić information content (AvgIpc) is 2.85. The van der Waals surface area contributed by atoms with Gasteiger partial charge in [0.2, 0.25) is 0 Å². The third-order valence-electron chi connectivity index (χ3n) is 2.42. The first-order valence-electron chi connectivity index (χ1n) is 5.56. The van der Waals surface area contributed by atoms with E-state index >= 15 is 0 Å². The number of ether oxygens (including phenoxy) is 1. The quantitative estimate of drug-likeness (QED) is 0.855. The van der Waals surface area contributed by atoms with Gasteiger partial charge in [-0.15, -0.1) is 0 Å². The van der Waals surface area contributed by atoms with Gasteiger partial charge >= 0.3 is 6.61 Å². The second-order valence-electron chi connectivity index (χ2n) is 3.81. The van der Waals surface area contributed by atoms with Crippen molar-refractivity contribution in [3.05, 3.63) is 46.5 Å². The molecule has 1 aromatic heterocycles. The predicted octanol–water partition coefficient (Wildman–Crippen LogP) is 3.06. The van der Waals surface area contributed by atoms with Gasteiger partial charge in [0.25, 0.3) is 0 Å². The van der Waals surface area contributed by atoms with Crippen LogP contribution in [0.2, 0.25) is 0 Å². The molecule has 4 nitrogen and oxygen atoms in total. The van der Waals surface area contributed by atoms with Gasteiger partial charge in [-0.1, -0.05) is 15.9 Å². The molecule has 0 aliphatic carbocycles. The molecule has 2 rings (SSSR count). The summed E-state index contributed by atoms with van der Waals surface area (Å²) in [6, 6.07) is 4.93. The zero-order valence-electron chi connectivity index (χ0n) is 9.87. The molecule has 0 bridgehead atoms. The number of hydrogen-bond donors (Lipinski definition) is 2. The number of alkyl halides is 2. The lowest BCUT2D eigenvalue weighted by molar-refractivity contribution is -0.0505. The smallest absolute Gasteiger partial charge is 0.387 e. The minimum Gasteiger partial charge on any atom is -0.434 e. The third kappa shape index (κ3) is 4.29. The Kier molecular flexibility index (Phi) is 4.86. The van der Waals surface area contributed by atoms with Crippen molar-refractivity contribution < 1.29 is 13.5 Å². The van der Waals surface area contributed by atoms with E-state index in [-0.39, 0.29) is 5.75 Å². The van der Waals surface area contributed by atoms with Gasteiger partial charge in [0.1, 0.15) is 5.75 Å². The van der Waals surface area contributed by atoms with Gasteiger partial charge < -0.3 is 15.0 Å². The van der Waals surface area contributed by atoms with Gasteiger partial charge in [-0.05, 0) is 18.2 Å². The summed E-state index contributed by atoms with van der Waals surface area (Å²) in [7, 11) is 0. The standard InChI is InChI=1S/C12H12BrF2N3O/c13-9-1-2-11(19-12(14)15)8(3-9)4-16-5-10-6-17-7-18-10/h1-3,6-7,12,16H,4-5H2,(H,17,18). The van der Waals surface area contributed by atoms with Crippen LogP contribution in [0.3, 0.4) is 0 Å². The van der Waals surface area contributed by atoms with Gasteiger partial charge in [-0.25, -0.2) is 4.98 Å². The Morgan fingerprint density at radius 2 is 2.21 bits per heavy atom. The number of hydrogen-bond acceptors (Lipinski definition) is 3. The summed E-state index contributed by atoms with van der Waals surface area (Å²) in [6.07, 6.45) is 3.28. The SMILES string of the molecule is FC(F)Oc1ccc(Br)cc1CNCc1cnc[nH]1. The number of H-pyrrole nitrogens is 1. The maximum absolute atomic E-state index is 12.3. The lowest BCUT2D eigenvalue weighted by Gasteiger charge is -2.11. The van der Waals surface area contributed by atoms with Crippen molar-refractivity contribution >= 4 is 15.9 Å². The molecule has 0 saturated heterocycles. The molecule has 1 heterocycles. The van der Waals surface area contributed by atoms with Crippen LogP contribution in [-0.4, -0.2) is 16.6 Å². The Balaban J connectivity index is 1.99. The number of benzene rings is 1. The summed E-state index contributed by atoms with van der Waals surface area (Å²) >= 11 is 3.31. The number of nitrogens with zero attached hydrogens (tertiary/aromatic N) is 1. The van der Waals surface area contributed by atoms with Gasteiger partial charge in [0.15, 0.2) is 0 Å². The highest BCUT2D eigenvalue weighted by molar-refractivity contribution is 9.10. The van der Waals surface area contributed by atoms with Crippen LogP contribution in [0.15, 0.2) is 35.2 Å². The lowest BCUT2D eigenvalue weighted by Crippen LogP contribution is -2.14. The minimum atomic E-state index is -2.83. The molecule has 0 radical (unpaired) electrons. The van der Waals surface area contributed by atoms with Crippen molar-refractivity contribution in [2.75, 3.05) is 0 Å². The van der Waals surface area contributed by atoms with Crippen molar-refractivity contribution in [1.82, 2.24) is 15.3 Å². The van der Waals surface area contributed by atoms with E-state index in [2.05, 4.69) is 36.0 Å². The molecular weight excluding hydrogens is 320 g/mol. The molecule has 2 N–H and O–H groups in total. The van der Waals surface area contributed by atoms with E-state index in [1.807, 2.05) is 0 Å². The van der Waals surface area contributed by atoms with E-state index < -0.39 is 6.61 Å². The molecule has 2 aromatic rings. The molecule has 0 aliphatic heterocycles. The first kappa shape index (κ1) is 14.0. The predicted molar refractivity (Wildman–Crippen MR) is 69.9 cm³/mol. The Labute approximate surface area is 117 Å². The molecular formula is C12H12BrF2N3O. The zero-order chi connectivity index (χ0) is 13.7. The van der Waals surface area contributed by atoms with Gasteiger partial charge in [0.05, 0.1) is 6.33 Å². The number of imidazole rings is 1. The topological polar surface area (TPSA) is 49.9 Å². The van der Waals surface area contributed by atoms with E-state index in [4.69, 9.17) is 0 Å². The average molecular weight is 332 g/mol. The van der Waals surface area contributed by atoms with Crippen LogP contribution < -0.4 is 10.1 Å². The molecule has 0 fully saturated rings. The van der Waals surface area contributed by atoms with Crippen molar-refractivity contribution in [3.8, 4) is 5.75 Å². The van der Waals surface area contributed by atoms with Gasteiger partial charge in [-0.2, -0.15) is 8.78 Å². The van der Waals surface area contributed by atoms with Crippen LogP contribution in [-0.2, 0) is 13.1 Å². The van der Waals surface area contributed by atoms with Crippen LogP contribution in [0, 0.1) is 0 Å². The molecule has 0 spiro atoms. The van der Waals surface area contributed by atoms with Crippen LogP contribution in [0.5, 0.6) is 5.75 Å². The molecule has 1 aromatic carbocycles. The van der Waals surface area contributed by atoms with E-state index in [9.17, 15) is 8.78 Å². The Morgan fingerprint density at radius 1 is 1.37 bits per heavy atom. The van der Waals surface area contributed by atoms with Crippen molar-refractivity contribution in [2.45, 2.75) is 19.7 Å². The van der Waals surface area contributed by atoms with Crippen LogP contribution in [0.1, 0.15) is 11.3 Å². The molecule has 0 aliphatic rings. The number of rotatable bonds is 6. The fraction of sp³-hybridized carbons (Fsp3) is 0.250. The van der Waals surface area contributed by atoms with E-state index in [1.165, 1.54) is 6.07 Å². The number of halogens is 3. The molecule has 102 valence electrons. The highest BCUT2D eigenvalue weighted by Crippen LogP contribution is 2.24. The van der Waals surface area contributed by atoms with E-state index in [0.717, 1.165) is 10.2 Å². The van der Waals surface area contributed by atoms with Gasteiger partial charge in [-0.3, -0.25) is 0 Å².